The molecule has 3 rings (SSSR count). The number of aryl methyl sites for hydroxylation is 1. The van der Waals surface area contributed by atoms with Crippen LogP contribution in [0.4, 0.5) is 5.69 Å². The smallest absolute Gasteiger partial charge is 0.279 e. The van der Waals surface area contributed by atoms with Crippen LogP contribution in [-0.4, -0.2) is 33.6 Å². The molecule has 8 nitrogen and oxygen atoms in total. The normalized spacial score (nSPS) is 11.8. The second kappa shape index (κ2) is 4.05. The van der Waals surface area contributed by atoms with Crippen LogP contribution in [0.1, 0.15) is 5.69 Å². The van der Waals surface area contributed by atoms with Crippen LogP contribution in [0.15, 0.2) is 29.8 Å². The Balaban J connectivity index is 1.99. The Bertz CT molecular complexity index is 821. The van der Waals surface area contributed by atoms with Crippen LogP contribution < -0.4 is 4.72 Å². The van der Waals surface area contributed by atoms with Crippen LogP contribution >= 0.6 is 0 Å². The minimum Gasteiger partial charge on any atom is -0.334 e. The number of nitrogens with zero attached hydrogens (tertiary/aromatic N) is 3. The SMILES string of the molecule is Cc1[nH]nc2ncc(NS(=O)(=O)c3cnc[nH]3)cc12. The molecule has 0 aliphatic heterocycles. The third-order valence-corrected chi connectivity index (χ3v) is 3.92. The molecule has 0 aromatic carbocycles. The molecule has 98 valence electrons. The van der Waals surface area contributed by atoms with E-state index in [9.17, 15) is 8.42 Å². The second-order valence-electron chi connectivity index (χ2n) is 3.97. The van der Waals surface area contributed by atoms with Gasteiger partial charge in [-0.25, -0.2) is 9.97 Å². The fourth-order valence-corrected chi connectivity index (χ4v) is 2.62. The lowest BCUT2D eigenvalue weighted by Gasteiger charge is -2.05. The van der Waals surface area contributed by atoms with Crippen molar-refractivity contribution >= 4 is 26.7 Å². The van der Waals surface area contributed by atoms with Crippen LogP contribution in [0.3, 0.4) is 0 Å². The Morgan fingerprint density at radius 2 is 2.16 bits per heavy atom. The number of sulfonamides is 1. The zero-order chi connectivity index (χ0) is 13.5. The largest absolute Gasteiger partial charge is 0.334 e. The predicted molar refractivity (Wildman–Crippen MR) is 68.0 cm³/mol. The van der Waals surface area contributed by atoms with Gasteiger partial charge >= 0.3 is 0 Å². The Hall–Kier alpha value is -2.42. The first-order chi connectivity index (χ1) is 9.06. The minimum absolute atomic E-state index is 0.00323. The first-order valence-corrected chi connectivity index (χ1v) is 6.86. The Kier molecular flexibility index (Phi) is 2.49. The zero-order valence-electron chi connectivity index (χ0n) is 9.88. The number of H-pyrrole nitrogens is 2. The predicted octanol–water partition coefficient (Wildman–Crippen LogP) is 0.790. The van der Waals surface area contributed by atoms with Gasteiger partial charge in [-0.1, -0.05) is 0 Å². The molecule has 0 spiro atoms. The van der Waals surface area contributed by atoms with E-state index in [1.54, 1.807) is 6.07 Å². The summed E-state index contributed by atoms with van der Waals surface area (Å²) in [5.74, 6) is 0. The average Bonchev–Trinajstić information content (AvgIpc) is 3.00. The quantitative estimate of drug-likeness (QED) is 0.655. The van der Waals surface area contributed by atoms with Crippen molar-refractivity contribution in [3.05, 3.63) is 30.5 Å². The summed E-state index contributed by atoms with van der Waals surface area (Å²) in [4.78, 5) is 10.3. The van der Waals surface area contributed by atoms with E-state index >= 15 is 0 Å². The summed E-state index contributed by atoms with van der Waals surface area (Å²) < 4.78 is 26.4. The molecule has 0 fully saturated rings. The van der Waals surface area contributed by atoms with E-state index < -0.39 is 10.0 Å². The van der Waals surface area contributed by atoms with E-state index in [0.29, 0.717) is 11.3 Å². The lowest BCUT2D eigenvalue weighted by molar-refractivity contribution is 0.598. The van der Waals surface area contributed by atoms with Crippen molar-refractivity contribution in [3.8, 4) is 0 Å². The molecule has 3 aromatic heterocycles. The summed E-state index contributed by atoms with van der Waals surface area (Å²) in [5.41, 5.74) is 1.73. The number of aromatic nitrogens is 5. The highest BCUT2D eigenvalue weighted by atomic mass is 32.2. The van der Waals surface area contributed by atoms with Gasteiger partial charge in [-0.2, -0.15) is 13.5 Å². The molecule has 9 heteroatoms. The Morgan fingerprint density at radius 1 is 1.32 bits per heavy atom. The number of hydrogen-bond donors (Lipinski definition) is 3. The van der Waals surface area contributed by atoms with Crippen molar-refractivity contribution in [1.29, 1.82) is 0 Å². The van der Waals surface area contributed by atoms with Crippen molar-refractivity contribution in [2.75, 3.05) is 4.72 Å². The van der Waals surface area contributed by atoms with Gasteiger partial charge in [0.1, 0.15) is 0 Å². The number of hydrogen-bond acceptors (Lipinski definition) is 5. The number of rotatable bonds is 3. The first kappa shape index (κ1) is 11.7. The number of imidazole rings is 1. The van der Waals surface area contributed by atoms with E-state index in [-0.39, 0.29) is 5.03 Å². The maximum Gasteiger partial charge on any atom is 0.279 e. The van der Waals surface area contributed by atoms with E-state index in [1.807, 2.05) is 6.92 Å². The van der Waals surface area contributed by atoms with Crippen molar-refractivity contribution in [2.45, 2.75) is 11.9 Å². The number of anilines is 1. The van der Waals surface area contributed by atoms with Gasteiger partial charge in [0, 0.05) is 11.1 Å². The highest BCUT2D eigenvalue weighted by Crippen LogP contribution is 2.19. The monoisotopic (exact) mass is 278 g/mol. The minimum atomic E-state index is -3.67. The number of fused-ring (bicyclic) bond motifs is 1. The molecule has 0 saturated heterocycles. The van der Waals surface area contributed by atoms with Crippen LogP contribution in [0.2, 0.25) is 0 Å². The second-order valence-corrected chi connectivity index (χ2v) is 5.62. The lowest BCUT2D eigenvalue weighted by atomic mass is 10.3. The highest BCUT2D eigenvalue weighted by Gasteiger charge is 2.16. The van der Waals surface area contributed by atoms with Crippen LogP contribution in [0.25, 0.3) is 11.0 Å². The third-order valence-electron chi connectivity index (χ3n) is 2.62. The van der Waals surface area contributed by atoms with Crippen LogP contribution in [0.5, 0.6) is 0 Å². The zero-order valence-corrected chi connectivity index (χ0v) is 10.7. The number of pyridine rings is 1. The molecular weight excluding hydrogens is 268 g/mol. The molecule has 0 atom stereocenters. The van der Waals surface area contributed by atoms with E-state index in [0.717, 1.165) is 11.1 Å². The summed E-state index contributed by atoms with van der Waals surface area (Å²) >= 11 is 0. The molecular formula is C10H10N6O2S. The fourth-order valence-electron chi connectivity index (χ4n) is 1.68. The molecule has 0 aliphatic carbocycles. The van der Waals surface area contributed by atoms with Crippen LogP contribution in [0, 0.1) is 6.92 Å². The van der Waals surface area contributed by atoms with Gasteiger partial charge in [-0.3, -0.25) is 9.82 Å². The molecule has 3 aromatic rings. The molecule has 19 heavy (non-hydrogen) atoms. The maximum absolute atomic E-state index is 12.0. The Morgan fingerprint density at radius 3 is 2.89 bits per heavy atom. The summed E-state index contributed by atoms with van der Waals surface area (Å²) in [6, 6.07) is 1.68. The molecule has 0 amide bonds. The molecule has 0 unspecified atom stereocenters. The summed E-state index contributed by atoms with van der Waals surface area (Å²) in [5, 5.41) is 7.53. The van der Waals surface area contributed by atoms with Gasteiger partial charge in [0.05, 0.1) is 24.4 Å². The van der Waals surface area contributed by atoms with Gasteiger partial charge in [0.2, 0.25) is 0 Å². The molecule has 3 heterocycles. The number of nitrogens with one attached hydrogen (secondary N) is 3. The van der Waals surface area contributed by atoms with E-state index in [2.05, 4.69) is 29.9 Å². The van der Waals surface area contributed by atoms with Crippen molar-refractivity contribution in [1.82, 2.24) is 25.1 Å². The molecule has 0 bridgehead atoms. The number of aromatic amines is 2. The van der Waals surface area contributed by atoms with Gasteiger partial charge in [-0.05, 0) is 13.0 Å². The fraction of sp³-hybridized carbons (Fsp3) is 0.100. The maximum atomic E-state index is 12.0. The summed E-state index contributed by atoms with van der Waals surface area (Å²) in [6.45, 7) is 1.84. The molecule has 3 N–H and O–H groups in total. The lowest BCUT2D eigenvalue weighted by Crippen LogP contribution is -2.13. The first-order valence-electron chi connectivity index (χ1n) is 5.38. The highest BCUT2D eigenvalue weighted by molar-refractivity contribution is 7.92. The van der Waals surface area contributed by atoms with Crippen molar-refractivity contribution in [3.63, 3.8) is 0 Å². The van der Waals surface area contributed by atoms with Gasteiger partial charge in [0.15, 0.2) is 10.7 Å². The van der Waals surface area contributed by atoms with Crippen molar-refractivity contribution in [2.24, 2.45) is 0 Å². The average molecular weight is 278 g/mol. The molecule has 0 saturated carbocycles. The van der Waals surface area contributed by atoms with Gasteiger partial charge in [0.25, 0.3) is 10.0 Å². The topological polar surface area (TPSA) is 116 Å². The van der Waals surface area contributed by atoms with E-state index in [1.165, 1.54) is 18.7 Å². The standard InChI is InChI=1S/C10H10N6O2S/c1-6-8-2-7(3-12-10(8)15-14-6)16-19(17,18)9-4-11-5-13-9/h2-5,16H,1H3,(H,11,13)(H,12,14,15). The summed E-state index contributed by atoms with van der Waals surface area (Å²) in [6.07, 6.45) is 3.95. The molecule has 0 radical (unpaired) electrons. The van der Waals surface area contributed by atoms with Crippen LogP contribution in [-0.2, 0) is 10.0 Å². The van der Waals surface area contributed by atoms with Gasteiger partial charge < -0.3 is 4.98 Å². The van der Waals surface area contributed by atoms with Crippen molar-refractivity contribution < 1.29 is 8.42 Å². The van der Waals surface area contributed by atoms with Gasteiger partial charge in [-0.15, -0.1) is 0 Å². The molecule has 0 aliphatic rings. The third kappa shape index (κ3) is 2.03. The van der Waals surface area contributed by atoms with E-state index in [4.69, 9.17) is 0 Å². The summed E-state index contributed by atoms with van der Waals surface area (Å²) in [7, 11) is -3.67. The Labute approximate surface area is 108 Å².